The van der Waals surface area contributed by atoms with E-state index in [1.807, 2.05) is 25.7 Å². The second-order valence-electron chi connectivity index (χ2n) is 3.62. The standard InChI is InChI=1S/C12H19N3O/c1-5-8-10-9(4)13-12(14-11(10)16)15(6-2)7-3/h5H,1,6-8H2,2-4H3,(H,13,14,16). The average molecular weight is 221 g/mol. The maximum Gasteiger partial charge on any atom is 0.256 e. The molecule has 1 aromatic rings. The predicted molar refractivity (Wildman–Crippen MR) is 67.1 cm³/mol. The number of nitrogens with one attached hydrogen (secondary N) is 1. The lowest BCUT2D eigenvalue weighted by molar-refractivity contribution is 0.804. The molecule has 0 atom stereocenters. The highest BCUT2D eigenvalue weighted by atomic mass is 16.1. The number of aromatic amines is 1. The maximum atomic E-state index is 11.8. The van der Waals surface area contributed by atoms with Crippen molar-refractivity contribution in [3.05, 3.63) is 34.3 Å². The fourth-order valence-corrected chi connectivity index (χ4v) is 1.65. The van der Waals surface area contributed by atoms with Gasteiger partial charge in [0.1, 0.15) is 0 Å². The van der Waals surface area contributed by atoms with E-state index in [4.69, 9.17) is 0 Å². The van der Waals surface area contributed by atoms with Crippen molar-refractivity contribution in [1.29, 1.82) is 0 Å². The van der Waals surface area contributed by atoms with Gasteiger partial charge in [-0.2, -0.15) is 0 Å². The first-order valence-corrected chi connectivity index (χ1v) is 5.59. The molecule has 1 N–H and O–H groups in total. The van der Waals surface area contributed by atoms with Gasteiger partial charge in [0.15, 0.2) is 0 Å². The average Bonchev–Trinajstić information content (AvgIpc) is 2.25. The van der Waals surface area contributed by atoms with Crippen molar-refractivity contribution in [2.24, 2.45) is 0 Å². The molecule has 0 aliphatic heterocycles. The zero-order valence-electron chi connectivity index (χ0n) is 10.2. The summed E-state index contributed by atoms with van der Waals surface area (Å²) in [5.74, 6) is 0.653. The van der Waals surface area contributed by atoms with E-state index in [-0.39, 0.29) is 5.56 Å². The van der Waals surface area contributed by atoms with Crippen LogP contribution in [0.15, 0.2) is 17.4 Å². The third kappa shape index (κ3) is 2.51. The Balaban J connectivity index is 3.18. The van der Waals surface area contributed by atoms with Gasteiger partial charge in [-0.15, -0.1) is 6.58 Å². The molecular weight excluding hydrogens is 202 g/mol. The predicted octanol–water partition coefficient (Wildman–Crippen LogP) is 1.65. The van der Waals surface area contributed by atoms with Gasteiger partial charge in [0.2, 0.25) is 5.95 Å². The van der Waals surface area contributed by atoms with Gasteiger partial charge in [-0.3, -0.25) is 9.78 Å². The molecule has 4 nitrogen and oxygen atoms in total. The lowest BCUT2D eigenvalue weighted by atomic mass is 10.2. The Hall–Kier alpha value is -1.58. The molecule has 88 valence electrons. The van der Waals surface area contributed by atoms with Gasteiger partial charge in [-0.25, -0.2) is 4.98 Å². The summed E-state index contributed by atoms with van der Waals surface area (Å²) in [6.07, 6.45) is 2.28. The summed E-state index contributed by atoms with van der Waals surface area (Å²) in [7, 11) is 0. The monoisotopic (exact) mass is 221 g/mol. The highest BCUT2D eigenvalue weighted by molar-refractivity contribution is 5.33. The first kappa shape index (κ1) is 12.5. The normalized spacial score (nSPS) is 10.2. The number of aromatic nitrogens is 2. The van der Waals surface area contributed by atoms with E-state index in [1.165, 1.54) is 0 Å². The van der Waals surface area contributed by atoms with Crippen molar-refractivity contribution < 1.29 is 0 Å². The van der Waals surface area contributed by atoms with Crippen LogP contribution in [0.1, 0.15) is 25.1 Å². The number of rotatable bonds is 5. The quantitative estimate of drug-likeness (QED) is 0.769. The summed E-state index contributed by atoms with van der Waals surface area (Å²) >= 11 is 0. The molecule has 0 aliphatic rings. The Bertz CT molecular complexity index is 419. The Morgan fingerprint density at radius 1 is 1.44 bits per heavy atom. The van der Waals surface area contributed by atoms with Crippen LogP contribution in [0.5, 0.6) is 0 Å². The van der Waals surface area contributed by atoms with E-state index in [9.17, 15) is 4.79 Å². The van der Waals surface area contributed by atoms with Crippen molar-refractivity contribution in [2.45, 2.75) is 27.2 Å². The summed E-state index contributed by atoms with van der Waals surface area (Å²) in [5, 5.41) is 0. The SMILES string of the molecule is C=CCc1c(C)nc(N(CC)CC)[nH]c1=O. The van der Waals surface area contributed by atoms with E-state index in [2.05, 4.69) is 16.5 Å². The second kappa shape index (κ2) is 5.49. The molecule has 0 saturated carbocycles. The van der Waals surface area contributed by atoms with Crippen LogP contribution in [-0.2, 0) is 6.42 Å². The molecule has 16 heavy (non-hydrogen) atoms. The zero-order chi connectivity index (χ0) is 12.1. The van der Waals surface area contributed by atoms with Gasteiger partial charge in [0.05, 0.1) is 5.69 Å². The van der Waals surface area contributed by atoms with E-state index in [0.29, 0.717) is 17.9 Å². The van der Waals surface area contributed by atoms with Gasteiger partial charge < -0.3 is 4.90 Å². The van der Waals surface area contributed by atoms with Crippen molar-refractivity contribution in [1.82, 2.24) is 9.97 Å². The van der Waals surface area contributed by atoms with Crippen LogP contribution in [0.25, 0.3) is 0 Å². The Morgan fingerprint density at radius 3 is 2.50 bits per heavy atom. The Morgan fingerprint density at radius 2 is 2.06 bits per heavy atom. The molecule has 1 aromatic heterocycles. The highest BCUT2D eigenvalue weighted by Crippen LogP contribution is 2.08. The van der Waals surface area contributed by atoms with Crippen molar-refractivity contribution in [3.8, 4) is 0 Å². The molecule has 0 aliphatic carbocycles. The fourth-order valence-electron chi connectivity index (χ4n) is 1.65. The molecule has 1 rings (SSSR count). The molecule has 0 amide bonds. The van der Waals surface area contributed by atoms with Crippen LogP contribution in [0, 0.1) is 6.92 Å². The van der Waals surface area contributed by atoms with E-state index in [0.717, 1.165) is 18.8 Å². The molecule has 0 radical (unpaired) electrons. The van der Waals surface area contributed by atoms with E-state index >= 15 is 0 Å². The maximum absolute atomic E-state index is 11.8. The molecule has 0 spiro atoms. The molecule has 0 saturated heterocycles. The van der Waals surface area contributed by atoms with Crippen LogP contribution in [-0.4, -0.2) is 23.1 Å². The van der Waals surface area contributed by atoms with Crippen LogP contribution in [0.3, 0.4) is 0 Å². The first-order valence-electron chi connectivity index (χ1n) is 5.59. The molecule has 1 heterocycles. The van der Waals surface area contributed by atoms with Crippen LogP contribution < -0.4 is 10.5 Å². The lowest BCUT2D eigenvalue weighted by Crippen LogP contribution is -2.28. The smallest absolute Gasteiger partial charge is 0.256 e. The van der Waals surface area contributed by atoms with Gasteiger partial charge in [-0.05, 0) is 27.2 Å². The number of anilines is 1. The lowest BCUT2D eigenvalue weighted by Gasteiger charge is -2.19. The third-order valence-electron chi connectivity index (χ3n) is 2.62. The van der Waals surface area contributed by atoms with E-state index in [1.54, 1.807) is 6.08 Å². The van der Waals surface area contributed by atoms with Gasteiger partial charge >= 0.3 is 0 Å². The van der Waals surface area contributed by atoms with Crippen LogP contribution in [0.2, 0.25) is 0 Å². The van der Waals surface area contributed by atoms with Crippen molar-refractivity contribution >= 4 is 5.95 Å². The summed E-state index contributed by atoms with van der Waals surface area (Å²) in [6, 6.07) is 0. The van der Waals surface area contributed by atoms with Crippen LogP contribution >= 0.6 is 0 Å². The van der Waals surface area contributed by atoms with Crippen LogP contribution in [0.4, 0.5) is 5.95 Å². The number of aryl methyl sites for hydroxylation is 1. The largest absolute Gasteiger partial charge is 0.343 e. The molecule has 0 aromatic carbocycles. The minimum Gasteiger partial charge on any atom is -0.343 e. The number of hydrogen-bond donors (Lipinski definition) is 1. The highest BCUT2D eigenvalue weighted by Gasteiger charge is 2.09. The van der Waals surface area contributed by atoms with Gasteiger partial charge in [0, 0.05) is 18.7 Å². The molecule has 0 unspecified atom stereocenters. The zero-order valence-corrected chi connectivity index (χ0v) is 10.2. The minimum absolute atomic E-state index is 0.0608. The number of H-pyrrole nitrogens is 1. The van der Waals surface area contributed by atoms with Gasteiger partial charge in [0.25, 0.3) is 5.56 Å². The summed E-state index contributed by atoms with van der Waals surface area (Å²) in [4.78, 5) is 21.1. The van der Waals surface area contributed by atoms with Gasteiger partial charge in [-0.1, -0.05) is 6.08 Å². The Kier molecular flexibility index (Phi) is 4.28. The topological polar surface area (TPSA) is 49.0 Å². The second-order valence-corrected chi connectivity index (χ2v) is 3.62. The minimum atomic E-state index is -0.0608. The fraction of sp³-hybridized carbons (Fsp3) is 0.500. The Labute approximate surface area is 96.0 Å². The number of hydrogen-bond acceptors (Lipinski definition) is 3. The number of allylic oxidation sites excluding steroid dienone is 1. The molecule has 0 fully saturated rings. The molecular formula is C12H19N3O. The summed E-state index contributed by atoms with van der Waals surface area (Å²) < 4.78 is 0. The van der Waals surface area contributed by atoms with Crippen molar-refractivity contribution in [3.63, 3.8) is 0 Å². The van der Waals surface area contributed by atoms with Crippen molar-refractivity contribution in [2.75, 3.05) is 18.0 Å². The van der Waals surface area contributed by atoms with E-state index < -0.39 is 0 Å². The summed E-state index contributed by atoms with van der Waals surface area (Å²) in [6.45, 7) is 11.2. The summed E-state index contributed by atoms with van der Waals surface area (Å²) in [5.41, 5.74) is 1.42. The first-order chi connectivity index (χ1) is 7.63. The molecule has 0 bridgehead atoms. The molecule has 4 heteroatoms. The third-order valence-corrected chi connectivity index (χ3v) is 2.62. The number of nitrogens with zero attached hydrogens (tertiary/aromatic N) is 2.